The standard InChI is InChI=1S/C32H27ClF3N3OS/c1-18-13-20(17-41-24-11-9-22(33)10-12-24)19(2)25(14-18)29-26(16-37)31(38)39(27-7-4-8-28(40)30(27)29)23-6-3-5-21(15-23)32(34,35)36/h3,5-6,9-15,29H,4,7-8,17,38H2,1-2H3. The first kappa shape index (κ1) is 28.8. The summed E-state index contributed by atoms with van der Waals surface area (Å²) in [5.74, 6) is -0.120. The second kappa shape index (κ2) is 11.3. The van der Waals surface area contributed by atoms with Crippen LogP contribution < -0.4 is 10.6 Å². The third-order valence-corrected chi connectivity index (χ3v) is 8.88. The molecular weight excluding hydrogens is 567 g/mol. The lowest BCUT2D eigenvalue weighted by atomic mass is 9.73. The number of thioether (sulfide) groups is 1. The van der Waals surface area contributed by atoms with Gasteiger partial charge in [-0.3, -0.25) is 9.69 Å². The van der Waals surface area contributed by atoms with Gasteiger partial charge in [-0.05, 0) is 85.8 Å². The highest BCUT2D eigenvalue weighted by molar-refractivity contribution is 7.98. The van der Waals surface area contributed by atoms with Crippen LogP contribution in [0.15, 0.2) is 88.2 Å². The Morgan fingerprint density at radius 1 is 1.10 bits per heavy atom. The number of benzene rings is 3. The minimum atomic E-state index is -4.55. The molecule has 2 N–H and O–H groups in total. The number of anilines is 1. The number of hydrogen-bond acceptors (Lipinski definition) is 5. The predicted octanol–water partition coefficient (Wildman–Crippen LogP) is 8.57. The van der Waals surface area contributed by atoms with E-state index in [0.717, 1.165) is 39.3 Å². The number of aryl methyl sites for hydroxylation is 1. The van der Waals surface area contributed by atoms with Crippen LogP contribution in [0.3, 0.4) is 0 Å². The number of carbonyl (C=O) groups excluding carboxylic acids is 1. The average Bonchev–Trinajstić information content (AvgIpc) is 2.93. The minimum Gasteiger partial charge on any atom is -0.384 e. The molecule has 210 valence electrons. The van der Waals surface area contributed by atoms with Gasteiger partial charge in [0.25, 0.3) is 0 Å². The summed E-state index contributed by atoms with van der Waals surface area (Å²) < 4.78 is 40.7. The van der Waals surface area contributed by atoms with Crippen LogP contribution in [0.1, 0.15) is 53.0 Å². The van der Waals surface area contributed by atoms with Gasteiger partial charge >= 0.3 is 6.18 Å². The van der Waals surface area contributed by atoms with Gasteiger partial charge in [-0.1, -0.05) is 35.4 Å². The molecule has 0 saturated carbocycles. The van der Waals surface area contributed by atoms with Crippen molar-refractivity contribution in [1.29, 1.82) is 5.26 Å². The van der Waals surface area contributed by atoms with Gasteiger partial charge < -0.3 is 5.73 Å². The van der Waals surface area contributed by atoms with Gasteiger partial charge in [-0.25, -0.2) is 0 Å². The average molecular weight is 594 g/mol. The minimum absolute atomic E-state index is 0.0447. The summed E-state index contributed by atoms with van der Waals surface area (Å²) in [5.41, 5.74) is 10.9. The molecule has 0 bridgehead atoms. The number of nitriles is 1. The van der Waals surface area contributed by atoms with E-state index in [9.17, 15) is 23.2 Å². The maximum Gasteiger partial charge on any atom is 0.416 e. The maximum atomic E-state index is 13.6. The molecule has 41 heavy (non-hydrogen) atoms. The van der Waals surface area contributed by atoms with Crippen LogP contribution in [0.5, 0.6) is 0 Å². The molecule has 0 saturated heterocycles. The molecule has 1 aliphatic carbocycles. The maximum absolute atomic E-state index is 13.6. The highest BCUT2D eigenvalue weighted by atomic mass is 35.5. The first-order chi connectivity index (χ1) is 19.5. The summed E-state index contributed by atoms with van der Waals surface area (Å²) >= 11 is 7.68. The van der Waals surface area contributed by atoms with E-state index >= 15 is 0 Å². The summed E-state index contributed by atoms with van der Waals surface area (Å²) in [4.78, 5) is 16.1. The number of allylic oxidation sites excluding steroid dienone is 3. The molecule has 0 amide bonds. The predicted molar refractivity (Wildman–Crippen MR) is 156 cm³/mol. The number of hydrogen-bond donors (Lipinski definition) is 1. The first-order valence-corrected chi connectivity index (χ1v) is 14.5. The first-order valence-electron chi connectivity index (χ1n) is 13.1. The lowest BCUT2D eigenvalue weighted by Crippen LogP contribution is -2.39. The van der Waals surface area contributed by atoms with E-state index in [0.29, 0.717) is 41.3 Å². The zero-order valence-electron chi connectivity index (χ0n) is 22.5. The molecular formula is C32H27ClF3N3OS. The Balaban J connectivity index is 1.63. The molecule has 1 heterocycles. The molecule has 0 aromatic heterocycles. The van der Waals surface area contributed by atoms with Crippen molar-refractivity contribution in [3.8, 4) is 6.07 Å². The lowest BCUT2D eigenvalue weighted by Gasteiger charge is -2.40. The van der Waals surface area contributed by atoms with E-state index in [1.165, 1.54) is 17.0 Å². The zero-order chi connectivity index (χ0) is 29.5. The summed E-state index contributed by atoms with van der Waals surface area (Å²) in [7, 11) is 0. The Morgan fingerprint density at radius 2 is 1.83 bits per heavy atom. The molecule has 1 unspecified atom stereocenters. The van der Waals surface area contributed by atoms with Crippen LogP contribution in [0, 0.1) is 25.2 Å². The van der Waals surface area contributed by atoms with Gasteiger partial charge in [0.1, 0.15) is 5.82 Å². The number of carbonyl (C=O) groups is 1. The monoisotopic (exact) mass is 593 g/mol. The van der Waals surface area contributed by atoms with Gasteiger partial charge in [0.2, 0.25) is 0 Å². The van der Waals surface area contributed by atoms with Crippen LogP contribution in [0.25, 0.3) is 0 Å². The molecule has 1 atom stereocenters. The largest absolute Gasteiger partial charge is 0.416 e. The number of nitrogens with zero attached hydrogens (tertiary/aromatic N) is 2. The Bertz CT molecular complexity index is 1640. The van der Waals surface area contributed by atoms with E-state index < -0.39 is 17.7 Å². The number of halogens is 4. The Morgan fingerprint density at radius 3 is 2.51 bits per heavy atom. The molecule has 9 heteroatoms. The van der Waals surface area contributed by atoms with Gasteiger partial charge in [-0.2, -0.15) is 18.4 Å². The van der Waals surface area contributed by atoms with Crippen molar-refractivity contribution in [2.45, 2.75) is 55.9 Å². The van der Waals surface area contributed by atoms with Gasteiger partial charge in [0, 0.05) is 39.0 Å². The smallest absolute Gasteiger partial charge is 0.384 e. The molecule has 1 aliphatic heterocycles. The van der Waals surface area contributed by atoms with E-state index in [1.54, 1.807) is 11.8 Å². The Hall–Kier alpha value is -3.67. The van der Waals surface area contributed by atoms with Crippen LogP contribution in [-0.2, 0) is 16.7 Å². The van der Waals surface area contributed by atoms with Crippen molar-refractivity contribution in [3.05, 3.63) is 116 Å². The molecule has 4 nitrogen and oxygen atoms in total. The fourth-order valence-corrected chi connectivity index (χ4v) is 6.70. The lowest BCUT2D eigenvalue weighted by molar-refractivity contribution is -0.137. The molecule has 0 radical (unpaired) electrons. The number of alkyl halides is 3. The van der Waals surface area contributed by atoms with Gasteiger partial charge in [0.05, 0.1) is 23.1 Å². The Kier molecular flexibility index (Phi) is 7.95. The number of nitrogens with two attached hydrogens (primary N) is 1. The summed E-state index contributed by atoms with van der Waals surface area (Å²) in [6, 6.07) is 18.7. The third kappa shape index (κ3) is 5.61. The normalized spacial score (nSPS) is 17.5. The summed E-state index contributed by atoms with van der Waals surface area (Å²) in [6.07, 6.45) is -3.25. The van der Waals surface area contributed by atoms with Crippen LogP contribution in [-0.4, -0.2) is 5.78 Å². The molecule has 2 aliphatic rings. The molecule has 0 fully saturated rings. The summed E-state index contributed by atoms with van der Waals surface area (Å²) in [6.45, 7) is 3.94. The van der Waals surface area contributed by atoms with Crippen LogP contribution in [0.4, 0.5) is 18.9 Å². The van der Waals surface area contributed by atoms with E-state index in [2.05, 4.69) is 12.1 Å². The second-order valence-electron chi connectivity index (χ2n) is 10.2. The van der Waals surface area contributed by atoms with Crippen LogP contribution >= 0.6 is 23.4 Å². The number of ketones is 1. The van der Waals surface area contributed by atoms with Crippen LogP contribution in [0.2, 0.25) is 5.02 Å². The second-order valence-corrected chi connectivity index (χ2v) is 11.7. The van der Waals surface area contributed by atoms with Gasteiger partial charge in [0.15, 0.2) is 5.78 Å². The number of Topliss-reactive ketones (excluding diaryl/α,β-unsaturated/α-hetero) is 1. The Labute approximate surface area is 246 Å². The zero-order valence-corrected chi connectivity index (χ0v) is 24.1. The van der Waals surface area contributed by atoms with Crippen molar-refractivity contribution < 1.29 is 18.0 Å². The molecule has 5 rings (SSSR count). The SMILES string of the molecule is Cc1cc(CSc2ccc(Cl)cc2)c(C)c(C2C(C#N)=C(N)N(c3cccc(C(F)(F)F)c3)C3=C2C(=O)CCC3)c1. The molecule has 3 aromatic rings. The highest BCUT2D eigenvalue weighted by Gasteiger charge is 2.41. The van der Waals surface area contributed by atoms with E-state index in [-0.39, 0.29) is 22.9 Å². The molecule has 3 aromatic carbocycles. The van der Waals surface area contributed by atoms with E-state index in [4.69, 9.17) is 17.3 Å². The summed E-state index contributed by atoms with van der Waals surface area (Å²) in [5, 5.41) is 11.0. The molecule has 0 spiro atoms. The van der Waals surface area contributed by atoms with Crippen molar-refractivity contribution in [2.24, 2.45) is 5.73 Å². The van der Waals surface area contributed by atoms with Crippen molar-refractivity contribution >= 4 is 34.8 Å². The topological polar surface area (TPSA) is 70.1 Å². The van der Waals surface area contributed by atoms with Gasteiger partial charge in [-0.15, -0.1) is 11.8 Å². The quantitative estimate of drug-likeness (QED) is 0.300. The third-order valence-electron chi connectivity index (χ3n) is 7.56. The highest BCUT2D eigenvalue weighted by Crippen LogP contribution is 2.48. The van der Waals surface area contributed by atoms with Crippen molar-refractivity contribution in [2.75, 3.05) is 4.90 Å². The van der Waals surface area contributed by atoms with Crippen molar-refractivity contribution in [3.63, 3.8) is 0 Å². The van der Waals surface area contributed by atoms with Crippen molar-refractivity contribution in [1.82, 2.24) is 0 Å². The fourth-order valence-electron chi connectivity index (χ4n) is 5.62. The van der Waals surface area contributed by atoms with E-state index in [1.807, 2.05) is 44.2 Å². The number of rotatable bonds is 5. The fraction of sp³-hybridized carbons (Fsp3) is 0.250.